The minimum atomic E-state index is -1.05. The van der Waals surface area contributed by atoms with Gasteiger partial charge in [-0.15, -0.1) is 0 Å². The molecule has 0 amide bonds. The second kappa shape index (κ2) is 22.0. The smallest absolute Gasteiger partial charge is 0.305 e. The van der Waals surface area contributed by atoms with Crippen molar-refractivity contribution < 1.29 is 39.1 Å². The number of carboxylic acids is 1. The number of carboxylic acid groups (broad SMARTS) is 1. The van der Waals surface area contributed by atoms with Gasteiger partial charge < -0.3 is 45.0 Å². The van der Waals surface area contributed by atoms with E-state index in [4.69, 9.17) is 47.6 Å². The number of benzene rings is 4. The number of hydrogen-bond donors (Lipinski definition) is 5. The van der Waals surface area contributed by atoms with Crippen LogP contribution in [0.1, 0.15) is 62.1 Å². The third-order valence-corrected chi connectivity index (χ3v) is 10.9. The van der Waals surface area contributed by atoms with Gasteiger partial charge in [-0.1, -0.05) is 59.6 Å². The molecular formula is C48H45Cl2N5O8. The summed E-state index contributed by atoms with van der Waals surface area (Å²) < 4.78 is 24.8. The molecule has 2 heterocycles. The summed E-state index contributed by atoms with van der Waals surface area (Å²) in [5.74, 6) is 0.529. The van der Waals surface area contributed by atoms with Gasteiger partial charge in [-0.2, -0.15) is 5.26 Å². The molecule has 0 radical (unpaired) electrons. The van der Waals surface area contributed by atoms with Crippen molar-refractivity contribution in [3.05, 3.63) is 163 Å². The van der Waals surface area contributed by atoms with Crippen LogP contribution in [0.2, 0.25) is 10.0 Å². The Morgan fingerprint density at radius 2 is 1.29 bits per heavy atom. The molecule has 15 heteroatoms. The van der Waals surface area contributed by atoms with Gasteiger partial charge >= 0.3 is 5.97 Å². The molecule has 63 heavy (non-hydrogen) atoms. The molecule has 6 aromatic rings. The topological polar surface area (TPSA) is 200 Å². The standard InChI is InChI=1S/C48H45Cl2N5O8/c1-29-35(27-62-46-14-44(60-25-33-9-31(16-51)18-53-20-33)37(11-42(46)49)22-55-39(24-57)13-48(58)59)5-3-7-40(29)41-8-4-6-36(30(41)2)28-63-47-15-45(38(23-56)12-43(47)50)61-26-34-10-32(17-52)19-54-21-34/h3-12,14-15,17-21,39,52,55-57H,13,22-28H2,1-2H3,(H,58,59)/t39-/m1/s1. The first-order valence-electron chi connectivity index (χ1n) is 19.8. The van der Waals surface area contributed by atoms with E-state index in [2.05, 4.69) is 27.4 Å². The van der Waals surface area contributed by atoms with Gasteiger partial charge in [-0.25, -0.2) is 0 Å². The minimum Gasteiger partial charge on any atom is -0.488 e. The average molecular weight is 891 g/mol. The van der Waals surface area contributed by atoms with Crippen LogP contribution in [0.4, 0.5) is 0 Å². The third-order valence-electron chi connectivity index (χ3n) is 10.3. The lowest BCUT2D eigenvalue weighted by atomic mass is 9.92. The number of rotatable bonds is 21. The monoisotopic (exact) mass is 889 g/mol. The quantitative estimate of drug-likeness (QED) is 0.0432. The largest absolute Gasteiger partial charge is 0.488 e. The summed E-state index contributed by atoms with van der Waals surface area (Å²) in [5.41, 5.74) is 9.44. The summed E-state index contributed by atoms with van der Waals surface area (Å²) in [7, 11) is 0. The van der Waals surface area contributed by atoms with Crippen molar-refractivity contribution in [3.8, 4) is 40.2 Å². The lowest BCUT2D eigenvalue weighted by Gasteiger charge is -2.19. The van der Waals surface area contributed by atoms with Gasteiger partial charge in [0.15, 0.2) is 0 Å². The van der Waals surface area contributed by atoms with Crippen LogP contribution in [0.25, 0.3) is 11.1 Å². The lowest BCUT2D eigenvalue weighted by molar-refractivity contribution is -0.137. The second-order valence-corrected chi connectivity index (χ2v) is 15.4. The fraction of sp³-hybridized carbons (Fsp3) is 0.229. The zero-order valence-corrected chi connectivity index (χ0v) is 36.0. The highest BCUT2D eigenvalue weighted by Crippen LogP contribution is 2.37. The number of hydrogen-bond acceptors (Lipinski definition) is 12. The van der Waals surface area contributed by atoms with Gasteiger partial charge in [0.25, 0.3) is 0 Å². The molecule has 13 nitrogen and oxygen atoms in total. The summed E-state index contributed by atoms with van der Waals surface area (Å²) in [6.45, 7) is 4.18. The summed E-state index contributed by atoms with van der Waals surface area (Å²) in [6.07, 6.45) is 7.24. The predicted molar refractivity (Wildman–Crippen MR) is 239 cm³/mol. The maximum Gasteiger partial charge on any atom is 0.305 e. The van der Waals surface area contributed by atoms with Crippen LogP contribution < -0.4 is 24.3 Å². The van der Waals surface area contributed by atoms with E-state index in [1.165, 1.54) is 12.4 Å². The molecule has 0 bridgehead atoms. The SMILES string of the molecule is Cc1c(COc2cc(OCc3cncc(C=N)c3)c(CO)cc2Cl)cccc1-c1cccc(COc2cc(OCc3cncc(C#N)c3)c(CN[C@@H](CO)CC(=O)O)cc2Cl)c1C. The summed E-state index contributed by atoms with van der Waals surface area (Å²) in [5, 5.41) is 49.5. The molecule has 0 saturated heterocycles. The first kappa shape index (κ1) is 46.0. The van der Waals surface area contributed by atoms with E-state index in [0.29, 0.717) is 60.9 Å². The number of ether oxygens (including phenoxy) is 4. The number of aliphatic hydroxyl groups is 2. The fourth-order valence-electron chi connectivity index (χ4n) is 6.76. The minimum absolute atomic E-state index is 0.0825. The molecule has 6 rings (SSSR count). The highest BCUT2D eigenvalue weighted by molar-refractivity contribution is 6.32. The molecule has 1 atom stereocenters. The van der Waals surface area contributed by atoms with E-state index in [0.717, 1.165) is 38.9 Å². The zero-order valence-electron chi connectivity index (χ0n) is 34.5. The van der Waals surface area contributed by atoms with E-state index < -0.39 is 12.0 Å². The number of nitriles is 1. The van der Waals surface area contributed by atoms with Gasteiger partial charge in [0, 0.05) is 83.5 Å². The first-order valence-corrected chi connectivity index (χ1v) is 20.5. The van der Waals surface area contributed by atoms with Crippen molar-refractivity contribution in [1.29, 1.82) is 10.7 Å². The Morgan fingerprint density at radius 3 is 1.83 bits per heavy atom. The normalized spacial score (nSPS) is 11.4. The molecule has 0 fully saturated rings. The van der Waals surface area contributed by atoms with Crippen LogP contribution in [-0.4, -0.2) is 50.1 Å². The van der Waals surface area contributed by atoms with Crippen LogP contribution >= 0.6 is 23.2 Å². The molecule has 324 valence electrons. The van der Waals surface area contributed by atoms with Crippen molar-refractivity contribution in [1.82, 2.24) is 15.3 Å². The van der Waals surface area contributed by atoms with Gasteiger partial charge in [-0.3, -0.25) is 14.8 Å². The molecule has 0 spiro atoms. The highest BCUT2D eigenvalue weighted by Gasteiger charge is 2.18. The number of nitrogens with one attached hydrogen (secondary N) is 2. The molecule has 5 N–H and O–H groups in total. The average Bonchev–Trinajstić information content (AvgIpc) is 3.29. The number of aromatic nitrogens is 2. The number of halogens is 2. The number of pyridine rings is 2. The molecule has 0 unspecified atom stereocenters. The van der Waals surface area contributed by atoms with Crippen molar-refractivity contribution in [2.75, 3.05) is 6.61 Å². The van der Waals surface area contributed by atoms with Gasteiger partial charge in [0.2, 0.25) is 0 Å². The second-order valence-electron chi connectivity index (χ2n) is 14.6. The van der Waals surface area contributed by atoms with E-state index in [1.807, 2.05) is 44.2 Å². The number of aliphatic carboxylic acids is 1. The van der Waals surface area contributed by atoms with Crippen LogP contribution in [0.5, 0.6) is 23.0 Å². The van der Waals surface area contributed by atoms with Crippen molar-refractivity contribution in [2.45, 2.75) is 65.9 Å². The van der Waals surface area contributed by atoms with E-state index in [9.17, 15) is 25.4 Å². The summed E-state index contributed by atoms with van der Waals surface area (Å²) in [6, 6.07) is 23.5. The molecule has 0 aliphatic heterocycles. The number of aliphatic hydroxyl groups excluding tert-OH is 2. The number of nitrogens with zero attached hydrogens (tertiary/aromatic N) is 3. The molecule has 2 aromatic heterocycles. The van der Waals surface area contributed by atoms with Crippen molar-refractivity contribution in [2.24, 2.45) is 0 Å². The maximum absolute atomic E-state index is 11.3. The molecule has 4 aromatic carbocycles. The van der Waals surface area contributed by atoms with Crippen molar-refractivity contribution >= 4 is 35.4 Å². The van der Waals surface area contributed by atoms with Gasteiger partial charge in [0.05, 0.1) is 35.2 Å². The molecule has 0 saturated carbocycles. The highest BCUT2D eigenvalue weighted by atomic mass is 35.5. The zero-order chi connectivity index (χ0) is 44.9. The van der Waals surface area contributed by atoms with E-state index in [-0.39, 0.29) is 52.6 Å². The summed E-state index contributed by atoms with van der Waals surface area (Å²) in [4.78, 5) is 19.6. The Morgan fingerprint density at radius 1 is 0.746 bits per heavy atom. The predicted octanol–water partition coefficient (Wildman–Crippen LogP) is 8.67. The molecule has 0 aliphatic carbocycles. The number of carbonyl (C=O) groups is 1. The van der Waals surface area contributed by atoms with Crippen LogP contribution in [0.15, 0.2) is 97.6 Å². The lowest BCUT2D eigenvalue weighted by Crippen LogP contribution is -2.34. The van der Waals surface area contributed by atoms with Crippen LogP contribution in [0, 0.1) is 30.6 Å². The van der Waals surface area contributed by atoms with Crippen molar-refractivity contribution in [3.63, 3.8) is 0 Å². The Hall–Kier alpha value is -6.53. The summed E-state index contributed by atoms with van der Waals surface area (Å²) >= 11 is 13.4. The van der Waals surface area contributed by atoms with Gasteiger partial charge in [0.1, 0.15) is 55.5 Å². The Bertz CT molecular complexity index is 2640. The Labute approximate surface area is 374 Å². The Kier molecular flexibility index (Phi) is 16.1. The molecule has 0 aliphatic rings. The maximum atomic E-state index is 11.3. The van der Waals surface area contributed by atoms with E-state index >= 15 is 0 Å². The van der Waals surface area contributed by atoms with Crippen LogP contribution in [-0.2, 0) is 44.4 Å². The third kappa shape index (κ3) is 12.1. The van der Waals surface area contributed by atoms with Crippen LogP contribution in [0.3, 0.4) is 0 Å². The van der Waals surface area contributed by atoms with Gasteiger partial charge in [-0.05, 0) is 71.5 Å². The Balaban J connectivity index is 1.18. The fourth-order valence-corrected chi connectivity index (χ4v) is 7.24. The van der Waals surface area contributed by atoms with E-state index in [1.54, 1.807) is 55.0 Å². The first-order chi connectivity index (χ1) is 30.5. The molecular weight excluding hydrogens is 845 g/mol.